The Balaban J connectivity index is 2.04. The van der Waals surface area contributed by atoms with E-state index in [0.29, 0.717) is 11.6 Å². The molecule has 0 saturated heterocycles. The third-order valence-corrected chi connectivity index (χ3v) is 5.67. The summed E-state index contributed by atoms with van der Waals surface area (Å²) in [6.45, 7) is 4.03. The molecular formula is C17H19N3O2S. The lowest BCUT2D eigenvalue weighted by Crippen LogP contribution is -2.09. The van der Waals surface area contributed by atoms with Crippen LogP contribution < -0.4 is 4.74 Å². The quantitative estimate of drug-likeness (QED) is 0.777. The Morgan fingerprint density at radius 1 is 1.35 bits per heavy atom. The van der Waals surface area contributed by atoms with Gasteiger partial charge in [0.2, 0.25) is 0 Å². The molecule has 120 valence electrons. The minimum Gasteiger partial charge on any atom is -0.496 e. The van der Waals surface area contributed by atoms with Crippen LogP contribution in [-0.2, 0) is 10.8 Å². The molecule has 2 heterocycles. The average molecular weight is 329 g/mol. The van der Waals surface area contributed by atoms with Gasteiger partial charge in [-0.2, -0.15) is 0 Å². The number of fused-ring (bicyclic) bond motifs is 1. The summed E-state index contributed by atoms with van der Waals surface area (Å²) >= 11 is 0. The monoisotopic (exact) mass is 329 g/mol. The Bertz CT molecular complexity index is 827. The van der Waals surface area contributed by atoms with E-state index >= 15 is 0 Å². The number of pyridine rings is 1. The predicted octanol–water partition coefficient (Wildman–Crippen LogP) is 3.54. The van der Waals surface area contributed by atoms with Crippen LogP contribution in [0.1, 0.15) is 20.3 Å². The van der Waals surface area contributed by atoms with Crippen LogP contribution >= 0.6 is 0 Å². The van der Waals surface area contributed by atoms with Crippen molar-refractivity contribution >= 4 is 21.8 Å². The Hall–Kier alpha value is -2.21. The van der Waals surface area contributed by atoms with Crippen molar-refractivity contribution in [1.82, 2.24) is 15.0 Å². The molecule has 23 heavy (non-hydrogen) atoms. The lowest BCUT2D eigenvalue weighted by molar-refractivity contribution is 0.415. The summed E-state index contributed by atoms with van der Waals surface area (Å²) in [4.78, 5) is 12.7. The zero-order chi connectivity index (χ0) is 16.4. The van der Waals surface area contributed by atoms with Crippen molar-refractivity contribution in [3.8, 4) is 17.1 Å². The first-order chi connectivity index (χ1) is 11.1. The van der Waals surface area contributed by atoms with E-state index in [1.807, 2.05) is 38.1 Å². The molecule has 0 aliphatic carbocycles. The number of benzene rings is 1. The van der Waals surface area contributed by atoms with Gasteiger partial charge in [-0.05, 0) is 30.7 Å². The lowest BCUT2D eigenvalue weighted by Gasteiger charge is -2.12. The van der Waals surface area contributed by atoms with Crippen LogP contribution in [0.5, 0.6) is 5.75 Å². The zero-order valence-electron chi connectivity index (χ0n) is 13.4. The number of imidazole rings is 1. The van der Waals surface area contributed by atoms with Crippen LogP contribution in [0.15, 0.2) is 41.6 Å². The molecule has 5 nitrogen and oxygen atoms in total. The van der Waals surface area contributed by atoms with Gasteiger partial charge in [-0.1, -0.05) is 13.8 Å². The first-order valence-corrected chi connectivity index (χ1v) is 8.74. The van der Waals surface area contributed by atoms with Gasteiger partial charge in [0.1, 0.15) is 11.6 Å². The van der Waals surface area contributed by atoms with Crippen LogP contribution in [-0.4, -0.2) is 31.5 Å². The second kappa shape index (κ2) is 6.50. The third-order valence-electron chi connectivity index (χ3n) is 3.88. The maximum Gasteiger partial charge on any atom is 0.142 e. The van der Waals surface area contributed by atoms with E-state index in [1.54, 1.807) is 19.5 Å². The number of ether oxygens (including phenoxy) is 1. The average Bonchev–Trinajstić information content (AvgIpc) is 3.03. The van der Waals surface area contributed by atoms with Gasteiger partial charge in [0.15, 0.2) is 0 Å². The van der Waals surface area contributed by atoms with Gasteiger partial charge in [0, 0.05) is 16.3 Å². The van der Waals surface area contributed by atoms with Gasteiger partial charge in [0.25, 0.3) is 0 Å². The summed E-state index contributed by atoms with van der Waals surface area (Å²) in [5.74, 6) is 1.37. The van der Waals surface area contributed by atoms with Gasteiger partial charge < -0.3 is 9.72 Å². The minimum atomic E-state index is -1.04. The standard InChI is InChI=1S/C17H19N3O2S/c1-4-11(2)23(21)12-5-6-13(16(9-12)22-3)17-19-14-7-8-18-10-15(14)20-17/h5-11H,4H2,1-3H3,(H,19,20). The van der Waals surface area contributed by atoms with Gasteiger partial charge in [-0.3, -0.25) is 9.19 Å². The normalized spacial score (nSPS) is 13.9. The summed E-state index contributed by atoms with van der Waals surface area (Å²) in [6.07, 6.45) is 4.32. The van der Waals surface area contributed by atoms with Gasteiger partial charge >= 0.3 is 0 Å². The molecular weight excluding hydrogens is 310 g/mol. The van der Waals surface area contributed by atoms with Gasteiger partial charge in [-0.25, -0.2) is 4.98 Å². The van der Waals surface area contributed by atoms with E-state index in [0.717, 1.165) is 27.9 Å². The van der Waals surface area contributed by atoms with Crippen LogP contribution in [0.25, 0.3) is 22.4 Å². The van der Waals surface area contributed by atoms with Crippen LogP contribution in [0.2, 0.25) is 0 Å². The molecule has 0 bridgehead atoms. The second-order valence-electron chi connectivity index (χ2n) is 5.36. The molecule has 1 aromatic carbocycles. The predicted molar refractivity (Wildman–Crippen MR) is 92.0 cm³/mol. The summed E-state index contributed by atoms with van der Waals surface area (Å²) in [6, 6.07) is 7.47. The molecule has 0 saturated carbocycles. The molecule has 0 radical (unpaired) electrons. The fourth-order valence-electron chi connectivity index (χ4n) is 2.36. The van der Waals surface area contributed by atoms with E-state index in [4.69, 9.17) is 4.74 Å². The topological polar surface area (TPSA) is 67.9 Å². The highest BCUT2D eigenvalue weighted by Gasteiger charge is 2.16. The van der Waals surface area contributed by atoms with Crippen molar-refractivity contribution in [1.29, 1.82) is 0 Å². The van der Waals surface area contributed by atoms with Crippen LogP contribution in [0, 0.1) is 0 Å². The minimum absolute atomic E-state index is 0.114. The molecule has 2 atom stereocenters. The van der Waals surface area contributed by atoms with Crippen LogP contribution in [0.3, 0.4) is 0 Å². The maximum atomic E-state index is 12.5. The van der Waals surface area contributed by atoms with E-state index in [1.165, 1.54) is 0 Å². The van der Waals surface area contributed by atoms with Crippen molar-refractivity contribution in [2.45, 2.75) is 30.4 Å². The lowest BCUT2D eigenvalue weighted by atomic mass is 10.2. The van der Waals surface area contributed by atoms with E-state index in [2.05, 4.69) is 15.0 Å². The highest BCUT2D eigenvalue weighted by atomic mass is 32.2. The Kier molecular flexibility index (Phi) is 4.43. The summed E-state index contributed by atoms with van der Waals surface area (Å²) in [7, 11) is 0.570. The van der Waals surface area contributed by atoms with Crippen molar-refractivity contribution in [3.63, 3.8) is 0 Å². The Morgan fingerprint density at radius 2 is 2.17 bits per heavy atom. The van der Waals surface area contributed by atoms with Gasteiger partial charge in [0.05, 0.1) is 40.7 Å². The van der Waals surface area contributed by atoms with Crippen molar-refractivity contribution in [3.05, 3.63) is 36.7 Å². The first kappa shape index (κ1) is 15.7. The van der Waals surface area contributed by atoms with E-state index < -0.39 is 10.8 Å². The number of H-pyrrole nitrogens is 1. The van der Waals surface area contributed by atoms with E-state index in [-0.39, 0.29) is 5.25 Å². The highest BCUT2D eigenvalue weighted by molar-refractivity contribution is 7.85. The molecule has 0 aliphatic heterocycles. The smallest absolute Gasteiger partial charge is 0.142 e. The molecule has 2 aromatic heterocycles. The van der Waals surface area contributed by atoms with E-state index in [9.17, 15) is 4.21 Å². The highest BCUT2D eigenvalue weighted by Crippen LogP contribution is 2.31. The molecule has 2 unspecified atom stereocenters. The maximum absolute atomic E-state index is 12.5. The molecule has 6 heteroatoms. The molecule has 0 spiro atoms. The number of aromatic amines is 1. The molecule has 3 rings (SSSR count). The number of hydrogen-bond acceptors (Lipinski definition) is 4. The van der Waals surface area contributed by atoms with Crippen molar-refractivity contribution in [2.75, 3.05) is 7.11 Å². The summed E-state index contributed by atoms with van der Waals surface area (Å²) in [5.41, 5.74) is 2.56. The molecule has 0 amide bonds. The summed E-state index contributed by atoms with van der Waals surface area (Å²) < 4.78 is 17.9. The first-order valence-electron chi connectivity index (χ1n) is 7.52. The fraction of sp³-hybridized carbons (Fsp3) is 0.294. The molecule has 1 N–H and O–H groups in total. The Labute approximate surface area is 137 Å². The number of rotatable bonds is 5. The van der Waals surface area contributed by atoms with Crippen molar-refractivity contribution in [2.24, 2.45) is 0 Å². The SMILES string of the molecule is CCC(C)S(=O)c1ccc(-c2nc3ccncc3[nH]2)c(OC)c1. The number of hydrogen-bond donors (Lipinski definition) is 1. The van der Waals surface area contributed by atoms with Crippen LogP contribution in [0.4, 0.5) is 0 Å². The number of aromatic nitrogens is 3. The zero-order valence-corrected chi connectivity index (χ0v) is 14.2. The second-order valence-corrected chi connectivity index (χ2v) is 7.23. The molecule has 0 fully saturated rings. The fourth-order valence-corrected chi connectivity index (χ4v) is 3.55. The molecule has 3 aromatic rings. The number of nitrogens with zero attached hydrogens (tertiary/aromatic N) is 2. The van der Waals surface area contributed by atoms with Gasteiger partial charge in [-0.15, -0.1) is 0 Å². The largest absolute Gasteiger partial charge is 0.496 e. The number of nitrogens with one attached hydrogen (secondary N) is 1. The number of methoxy groups -OCH3 is 1. The summed E-state index contributed by atoms with van der Waals surface area (Å²) in [5, 5.41) is 0.114. The van der Waals surface area contributed by atoms with Crippen molar-refractivity contribution < 1.29 is 8.95 Å². The third kappa shape index (κ3) is 2.99. The molecule has 0 aliphatic rings. The Morgan fingerprint density at radius 3 is 2.87 bits per heavy atom.